The molecular weight excluding hydrogens is 514 g/mol. The van der Waals surface area contributed by atoms with Crippen LogP contribution in [0.2, 0.25) is 0 Å². The Kier molecular flexibility index (Phi) is 9.72. The molecule has 0 radical (unpaired) electrons. The Balaban J connectivity index is 0.00000289. The van der Waals surface area contributed by atoms with Crippen LogP contribution in [0.1, 0.15) is 20.7 Å². The van der Waals surface area contributed by atoms with Crippen molar-refractivity contribution < 1.29 is 105 Å². The van der Waals surface area contributed by atoms with Crippen LogP contribution >= 0.6 is 0 Å². The van der Waals surface area contributed by atoms with Gasteiger partial charge < -0.3 is 30.4 Å². The fourth-order valence-electron chi connectivity index (χ4n) is 2.98. The minimum Gasteiger partial charge on any atom is -0.744 e. The third-order valence-corrected chi connectivity index (χ3v) is 6.01. The van der Waals surface area contributed by atoms with Crippen molar-refractivity contribution in [2.24, 2.45) is 0 Å². The number of rotatable bonds is 5. The van der Waals surface area contributed by atoms with Gasteiger partial charge in [0.05, 0.1) is 21.0 Å². The number of nitrogen functional groups attached to an aromatic ring is 1. The summed E-state index contributed by atoms with van der Waals surface area (Å²) >= 11 is 0. The van der Waals surface area contributed by atoms with E-state index in [2.05, 4.69) is 5.32 Å². The summed E-state index contributed by atoms with van der Waals surface area (Å²) in [6.45, 7) is 0. The predicted molar refractivity (Wildman–Crippen MR) is 107 cm³/mol. The maximum atomic E-state index is 12.6. The average molecular weight is 526 g/mol. The molecule has 34 heavy (non-hydrogen) atoms. The van der Waals surface area contributed by atoms with E-state index in [1.165, 1.54) is 0 Å². The molecule has 0 saturated heterocycles. The van der Waals surface area contributed by atoms with Gasteiger partial charge in [-0.3, -0.25) is 4.79 Å². The fraction of sp³-hybridized carbons (Fsp3) is 0. The Morgan fingerprint density at radius 3 is 2.00 bits per heavy atom. The second kappa shape index (κ2) is 10.9. The second-order valence-electron chi connectivity index (χ2n) is 6.49. The zero-order valence-corrected chi connectivity index (χ0v) is 23.2. The number of aromatic hydroxyl groups is 1. The number of hydrogen-bond acceptors (Lipinski definition) is 10. The van der Waals surface area contributed by atoms with Crippen molar-refractivity contribution in [1.29, 1.82) is 0 Å². The van der Waals surface area contributed by atoms with E-state index >= 15 is 0 Å². The van der Waals surface area contributed by atoms with Gasteiger partial charge in [0.25, 0.3) is 5.91 Å². The summed E-state index contributed by atoms with van der Waals surface area (Å²) < 4.78 is 68.8. The molecule has 3 aromatic carbocycles. The predicted octanol–water partition coefficient (Wildman–Crippen LogP) is -5.11. The van der Waals surface area contributed by atoms with Crippen LogP contribution in [0.15, 0.2) is 52.3 Å². The van der Waals surface area contributed by atoms with Gasteiger partial charge in [-0.2, -0.15) is 0 Å². The molecule has 0 unspecified atom stereocenters. The standard InChI is InChI=1S/C18H14N2O10S2.2Na/c19-10-4-8(3-9(5-10)18(23)24)17(22)20-13-1-2-15(32(28,29)30)12-6-11(31(25,26)27)7-14(21)16(12)13;;/h1-7,21H,19H2,(H,20,22)(H,23,24)(H,25,26,27)(H,28,29,30);;/q;2*+1/p-2. The Labute approximate surface area is 237 Å². The van der Waals surface area contributed by atoms with Gasteiger partial charge in [0.1, 0.15) is 26.0 Å². The molecule has 5 N–H and O–H groups in total. The van der Waals surface area contributed by atoms with Crippen molar-refractivity contribution in [2.75, 3.05) is 11.1 Å². The number of carbonyl (C=O) groups is 2. The summed E-state index contributed by atoms with van der Waals surface area (Å²) in [5, 5.41) is 20.6. The maximum absolute atomic E-state index is 12.6. The molecule has 0 fully saturated rings. The van der Waals surface area contributed by atoms with E-state index in [-0.39, 0.29) is 81.6 Å². The first-order valence-corrected chi connectivity index (χ1v) is 11.2. The minimum absolute atomic E-state index is 0. The Hall–Kier alpha value is -1.72. The smallest absolute Gasteiger partial charge is 0.744 e. The SMILES string of the molecule is Nc1cc(C(=O)O)cc(C(=O)Nc2ccc(S(=O)(=O)[O-])c3cc(S(=O)(=O)[O-])cc(O)c23)c1.[Na+].[Na+]. The number of nitrogens with two attached hydrogens (primary N) is 1. The van der Waals surface area contributed by atoms with Gasteiger partial charge in [0.15, 0.2) is 0 Å². The summed E-state index contributed by atoms with van der Waals surface area (Å²) in [7, 11) is -10.3. The molecule has 3 rings (SSSR count). The summed E-state index contributed by atoms with van der Waals surface area (Å²) in [4.78, 5) is 21.9. The van der Waals surface area contributed by atoms with Gasteiger partial charge in [-0.15, -0.1) is 0 Å². The number of carboxylic acid groups (broad SMARTS) is 1. The van der Waals surface area contributed by atoms with Crippen LogP contribution in [0.25, 0.3) is 10.8 Å². The number of aromatic carboxylic acids is 1. The van der Waals surface area contributed by atoms with Crippen LogP contribution in [0.5, 0.6) is 5.75 Å². The van der Waals surface area contributed by atoms with Crippen LogP contribution in [0, 0.1) is 0 Å². The van der Waals surface area contributed by atoms with Crippen LogP contribution in [0.3, 0.4) is 0 Å². The molecule has 168 valence electrons. The molecule has 0 heterocycles. The van der Waals surface area contributed by atoms with Gasteiger partial charge in [0, 0.05) is 22.0 Å². The quantitative estimate of drug-likeness (QED) is 0.140. The second-order valence-corrected chi connectivity index (χ2v) is 9.22. The molecule has 3 aromatic rings. The summed E-state index contributed by atoms with van der Waals surface area (Å²) in [6, 6.07) is 6.10. The topological polar surface area (TPSA) is 227 Å². The van der Waals surface area contributed by atoms with E-state index in [4.69, 9.17) is 10.8 Å². The Morgan fingerprint density at radius 1 is 0.882 bits per heavy atom. The summed E-state index contributed by atoms with van der Waals surface area (Å²) in [5.74, 6) is -3.18. The van der Waals surface area contributed by atoms with Crippen LogP contribution in [-0.4, -0.2) is 48.0 Å². The first-order chi connectivity index (χ1) is 14.7. The van der Waals surface area contributed by atoms with Crippen molar-refractivity contribution in [3.8, 4) is 5.75 Å². The number of amides is 1. The zero-order chi connectivity index (χ0) is 24.0. The Morgan fingerprint density at radius 2 is 1.47 bits per heavy atom. The van der Waals surface area contributed by atoms with Gasteiger partial charge in [-0.05, 0) is 42.5 Å². The number of phenols is 1. The van der Waals surface area contributed by atoms with E-state index in [9.17, 15) is 40.6 Å². The third-order valence-electron chi connectivity index (χ3n) is 4.30. The number of carboxylic acids is 1. The average Bonchev–Trinajstić information content (AvgIpc) is 2.65. The summed E-state index contributed by atoms with van der Waals surface area (Å²) in [5.41, 5.74) is 4.81. The number of benzene rings is 3. The van der Waals surface area contributed by atoms with Crippen LogP contribution < -0.4 is 70.2 Å². The molecule has 0 bridgehead atoms. The number of carbonyl (C=O) groups excluding carboxylic acids is 1. The van der Waals surface area contributed by atoms with E-state index in [0.717, 1.165) is 30.3 Å². The molecule has 16 heteroatoms. The number of fused-ring (bicyclic) bond motifs is 1. The molecule has 0 atom stereocenters. The van der Waals surface area contributed by atoms with E-state index < -0.39 is 58.4 Å². The molecule has 0 aliphatic carbocycles. The van der Waals surface area contributed by atoms with Crippen LogP contribution in [0.4, 0.5) is 11.4 Å². The van der Waals surface area contributed by atoms with Gasteiger partial charge >= 0.3 is 65.1 Å². The first-order valence-electron chi connectivity index (χ1n) is 8.35. The van der Waals surface area contributed by atoms with Crippen molar-refractivity contribution in [3.05, 3.63) is 53.6 Å². The normalized spacial score (nSPS) is 11.2. The third kappa shape index (κ3) is 6.48. The van der Waals surface area contributed by atoms with Gasteiger partial charge in [0.2, 0.25) is 0 Å². The fourth-order valence-corrected chi connectivity index (χ4v) is 4.16. The van der Waals surface area contributed by atoms with E-state index in [1.54, 1.807) is 0 Å². The molecular formula is C18H12N2Na2O10S2. The minimum atomic E-state index is -5.18. The van der Waals surface area contributed by atoms with Crippen molar-refractivity contribution in [3.63, 3.8) is 0 Å². The van der Waals surface area contributed by atoms with Crippen molar-refractivity contribution >= 4 is 54.3 Å². The van der Waals surface area contributed by atoms with E-state index in [0.29, 0.717) is 12.1 Å². The summed E-state index contributed by atoms with van der Waals surface area (Å²) in [6.07, 6.45) is 0. The Bertz CT molecular complexity index is 1520. The monoisotopic (exact) mass is 526 g/mol. The largest absolute Gasteiger partial charge is 1.00 e. The molecule has 0 aliphatic rings. The molecule has 12 nitrogen and oxygen atoms in total. The zero-order valence-electron chi connectivity index (χ0n) is 17.6. The number of nitrogens with one attached hydrogen (secondary N) is 1. The molecule has 1 amide bonds. The van der Waals surface area contributed by atoms with E-state index in [1.807, 2.05) is 0 Å². The molecule has 0 aliphatic heterocycles. The van der Waals surface area contributed by atoms with Crippen molar-refractivity contribution in [1.82, 2.24) is 0 Å². The molecule has 0 saturated carbocycles. The number of hydrogen-bond donors (Lipinski definition) is 4. The van der Waals surface area contributed by atoms with Crippen molar-refractivity contribution in [2.45, 2.75) is 9.79 Å². The maximum Gasteiger partial charge on any atom is 1.00 e. The van der Waals surface area contributed by atoms with Gasteiger partial charge in [-0.1, -0.05) is 0 Å². The molecule has 0 spiro atoms. The number of anilines is 2. The number of phenolic OH excluding ortho intramolecular Hbond substituents is 1. The first kappa shape index (κ1) is 30.3. The van der Waals surface area contributed by atoms with Gasteiger partial charge in [-0.25, -0.2) is 21.6 Å². The molecule has 0 aromatic heterocycles. The van der Waals surface area contributed by atoms with Crippen LogP contribution in [-0.2, 0) is 20.2 Å².